The van der Waals surface area contributed by atoms with Crippen LogP contribution >= 0.6 is 27.7 Å². The van der Waals surface area contributed by atoms with Gasteiger partial charge in [-0.05, 0) is 115 Å². The molecule has 12 nitrogen and oxygen atoms in total. The first-order valence-corrected chi connectivity index (χ1v) is 22.9. The van der Waals surface area contributed by atoms with Gasteiger partial charge in [-0.1, -0.05) is 30.0 Å². The summed E-state index contributed by atoms with van der Waals surface area (Å²) in [6, 6.07) is 18.0. The van der Waals surface area contributed by atoms with Crippen molar-refractivity contribution < 1.29 is 44.7 Å². The van der Waals surface area contributed by atoms with Crippen molar-refractivity contribution in [3.8, 4) is 22.5 Å². The van der Waals surface area contributed by atoms with Gasteiger partial charge >= 0.3 is 12.4 Å². The second-order valence-electron chi connectivity index (χ2n) is 16.3. The van der Waals surface area contributed by atoms with Crippen molar-refractivity contribution >= 4 is 62.2 Å². The van der Waals surface area contributed by atoms with Crippen LogP contribution in [0.15, 0.2) is 93.6 Å². The number of halogens is 9. The molecule has 22 heteroatoms. The van der Waals surface area contributed by atoms with E-state index in [2.05, 4.69) is 57.4 Å². The maximum atomic E-state index is 14.3. The Bertz CT molecular complexity index is 3020. The lowest BCUT2D eigenvalue weighted by atomic mass is 10.0. The monoisotopic (exact) mass is 1030 g/mol. The molecule has 0 aliphatic heterocycles. The molecule has 0 atom stereocenters. The van der Waals surface area contributed by atoms with Gasteiger partial charge in [0, 0.05) is 47.4 Å². The standard InChI is InChI=1S/C26H22F5N5OS.C20H19BrF3N5O/c1-14-11-15(5-8-17(14)25(37)34-16-6-7-16)20-13-33-24-19(32-10-9-26(29,30)31)12-22(35-36(20)24)38-21-4-2-3-18(27)23(21)28;1-11-8-12(2-5-14(11)19(30)27-13-3-4-13)16-10-26-18-15(9-17(21)28-29(16)18)25-7-6-20(22,23)24/h2-5,8,11-13,16,32H,6-7,9-10H2,1H3,(H,34,37);2,5,8-10,13,25H,3-4,6-7H2,1H3,(H,27,30). The number of hydrogen-bond acceptors (Lipinski definition) is 9. The Labute approximate surface area is 395 Å². The lowest BCUT2D eigenvalue weighted by Gasteiger charge is -2.13. The van der Waals surface area contributed by atoms with E-state index in [9.17, 15) is 44.7 Å². The molecular formula is C46H41BrF8N10O2S. The van der Waals surface area contributed by atoms with Gasteiger partial charge in [0.2, 0.25) is 0 Å². The first-order chi connectivity index (χ1) is 32.3. The average Bonchev–Trinajstić information content (AvgIpc) is 4.18. The van der Waals surface area contributed by atoms with E-state index in [1.807, 2.05) is 19.1 Å². The van der Waals surface area contributed by atoms with Crippen LogP contribution in [0.5, 0.6) is 0 Å². The van der Waals surface area contributed by atoms with Gasteiger partial charge in [-0.2, -0.15) is 36.5 Å². The summed E-state index contributed by atoms with van der Waals surface area (Å²) < 4.78 is 107. The molecule has 3 aromatic carbocycles. The van der Waals surface area contributed by atoms with Crippen LogP contribution in [0.3, 0.4) is 0 Å². The fraction of sp³-hybridized carbons (Fsp3) is 0.304. The maximum absolute atomic E-state index is 14.3. The number of carbonyl (C=O) groups excluding carboxylic acids is 2. The number of fused-ring (bicyclic) bond motifs is 2. The number of aryl methyl sites for hydroxylation is 2. The van der Waals surface area contributed by atoms with Crippen LogP contribution in [-0.4, -0.2) is 78.5 Å². The van der Waals surface area contributed by atoms with Crippen LogP contribution in [0, 0.1) is 25.5 Å². The van der Waals surface area contributed by atoms with Gasteiger partial charge in [0.05, 0.1) is 52.9 Å². The highest BCUT2D eigenvalue weighted by Crippen LogP contribution is 2.35. The van der Waals surface area contributed by atoms with Crippen molar-refractivity contribution in [1.82, 2.24) is 39.8 Å². The highest BCUT2D eigenvalue weighted by molar-refractivity contribution is 9.10. The van der Waals surface area contributed by atoms with Gasteiger partial charge in [0.15, 0.2) is 22.9 Å². The number of hydrogen-bond donors (Lipinski definition) is 4. The lowest BCUT2D eigenvalue weighted by Crippen LogP contribution is -2.26. The van der Waals surface area contributed by atoms with Crippen LogP contribution in [0.4, 0.5) is 46.5 Å². The second kappa shape index (κ2) is 19.7. The molecule has 4 aromatic heterocycles. The molecule has 0 spiro atoms. The largest absolute Gasteiger partial charge is 0.390 e. The number of rotatable bonds is 14. The normalized spacial score (nSPS) is 13.9. The Balaban J connectivity index is 0.000000189. The van der Waals surface area contributed by atoms with Crippen molar-refractivity contribution in [2.45, 2.75) is 86.7 Å². The summed E-state index contributed by atoms with van der Waals surface area (Å²) in [5.41, 5.74) is 6.74. The van der Waals surface area contributed by atoms with Crippen molar-refractivity contribution in [3.05, 3.63) is 118 Å². The zero-order chi connectivity index (χ0) is 48.5. The molecule has 2 aliphatic carbocycles. The predicted octanol–water partition coefficient (Wildman–Crippen LogP) is 11.1. The number of alkyl halides is 6. The number of anilines is 2. The number of amides is 2. The molecule has 9 rings (SSSR count). The molecule has 0 saturated heterocycles. The van der Waals surface area contributed by atoms with E-state index < -0.39 is 43.4 Å². The van der Waals surface area contributed by atoms with Crippen molar-refractivity contribution in [3.63, 3.8) is 0 Å². The SMILES string of the molecule is Cc1cc(-c2cnc3c(NCCC(F)(F)F)cc(Br)nn23)ccc1C(=O)NC1CC1.Cc1cc(-c2cnc3c(NCCC(F)(F)F)cc(Sc4cccc(F)c4F)nn23)ccc1C(=O)NC1CC1. The zero-order valence-electron chi connectivity index (χ0n) is 36.1. The number of nitrogens with zero attached hydrogens (tertiary/aromatic N) is 6. The summed E-state index contributed by atoms with van der Waals surface area (Å²) in [6.45, 7) is 3.00. The average molecular weight is 1030 g/mol. The third-order valence-corrected chi connectivity index (χ3v) is 12.2. The maximum Gasteiger partial charge on any atom is 0.390 e. The minimum absolute atomic E-state index is 0.0263. The van der Waals surface area contributed by atoms with Gasteiger partial charge in [0.25, 0.3) is 11.8 Å². The number of carbonyl (C=O) groups is 2. The number of nitrogens with one attached hydrogen (secondary N) is 4. The minimum atomic E-state index is -4.36. The molecular weight excluding hydrogens is 989 g/mol. The quantitative estimate of drug-likeness (QED) is 0.0783. The van der Waals surface area contributed by atoms with E-state index in [1.165, 1.54) is 28.9 Å². The summed E-state index contributed by atoms with van der Waals surface area (Å²) in [4.78, 5) is 33.5. The molecule has 2 amide bonds. The highest BCUT2D eigenvalue weighted by Gasteiger charge is 2.29. The van der Waals surface area contributed by atoms with Gasteiger partial charge in [-0.25, -0.2) is 27.8 Å². The van der Waals surface area contributed by atoms with Crippen LogP contribution in [0.2, 0.25) is 0 Å². The lowest BCUT2D eigenvalue weighted by molar-refractivity contribution is -0.132. The van der Waals surface area contributed by atoms with E-state index in [0.717, 1.165) is 60.2 Å². The fourth-order valence-corrected chi connectivity index (χ4v) is 8.32. The third-order valence-electron chi connectivity index (χ3n) is 10.8. The van der Waals surface area contributed by atoms with Crippen LogP contribution in [0.25, 0.3) is 33.8 Å². The Kier molecular flexibility index (Phi) is 14.0. The summed E-state index contributed by atoms with van der Waals surface area (Å²) in [6.07, 6.45) is -3.50. The molecule has 356 valence electrons. The molecule has 0 radical (unpaired) electrons. The van der Waals surface area contributed by atoms with E-state index in [4.69, 9.17) is 0 Å². The van der Waals surface area contributed by atoms with Gasteiger partial charge in [0.1, 0.15) is 9.63 Å². The highest BCUT2D eigenvalue weighted by atomic mass is 79.9. The first kappa shape index (κ1) is 48.2. The minimum Gasteiger partial charge on any atom is -0.382 e. The Morgan fingerprint density at radius 2 is 1.18 bits per heavy atom. The second-order valence-corrected chi connectivity index (χ2v) is 18.2. The summed E-state index contributed by atoms with van der Waals surface area (Å²) >= 11 is 4.14. The predicted molar refractivity (Wildman–Crippen MR) is 244 cm³/mol. The summed E-state index contributed by atoms with van der Waals surface area (Å²) in [7, 11) is 0. The molecule has 0 bridgehead atoms. The number of imidazole rings is 2. The molecule has 7 aromatic rings. The molecule has 0 unspecified atom stereocenters. The van der Waals surface area contributed by atoms with Crippen molar-refractivity contribution in [2.75, 3.05) is 23.7 Å². The number of aromatic nitrogens is 6. The van der Waals surface area contributed by atoms with Crippen molar-refractivity contribution in [1.29, 1.82) is 0 Å². The smallest absolute Gasteiger partial charge is 0.382 e. The third kappa shape index (κ3) is 11.9. The van der Waals surface area contributed by atoms with Crippen LogP contribution in [-0.2, 0) is 0 Å². The van der Waals surface area contributed by atoms with E-state index >= 15 is 0 Å². The molecule has 4 N–H and O–H groups in total. The Morgan fingerprint density at radius 1 is 0.691 bits per heavy atom. The van der Waals surface area contributed by atoms with Gasteiger partial charge < -0.3 is 21.3 Å². The molecule has 2 aliphatic rings. The number of benzene rings is 3. The fourth-order valence-electron chi connectivity index (χ4n) is 7.08. The van der Waals surface area contributed by atoms with E-state index in [1.54, 1.807) is 48.0 Å². The molecule has 2 saturated carbocycles. The van der Waals surface area contributed by atoms with Crippen LogP contribution in [0.1, 0.15) is 70.4 Å². The van der Waals surface area contributed by atoms with Crippen molar-refractivity contribution in [2.24, 2.45) is 0 Å². The Hall–Kier alpha value is -6.29. The molecule has 4 heterocycles. The first-order valence-electron chi connectivity index (χ1n) is 21.3. The Morgan fingerprint density at radius 3 is 1.65 bits per heavy atom. The van der Waals surface area contributed by atoms with Gasteiger partial charge in [-0.15, -0.1) is 0 Å². The summed E-state index contributed by atoms with van der Waals surface area (Å²) in [5.74, 6) is -2.31. The van der Waals surface area contributed by atoms with E-state index in [-0.39, 0.29) is 51.7 Å². The topological polar surface area (TPSA) is 143 Å². The van der Waals surface area contributed by atoms with Crippen LogP contribution < -0.4 is 21.3 Å². The molecule has 2 fully saturated rings. The zero-order valence-corrected chi connectivity index (χ0v) is 38.5. The summed E-state index contributed by atoms with van der Waals surface area (Å²) in [5, 5.41) is 20.6. The van der Waals surface area contributed by atoms with E-state index in [0.29, 0.717) is 44.0 Å². The van der Waals surface area contributed by atoms with Gasteiger partial charge in [-0.3, -0.25) is 9.59 Å². The molecule has 68 heavy (non-hydrogen) atoms.